The summed E-state index contributed by atoms with van der Waals surface area (Å²) in [7, 11) is 0. The largest absolute Gasteiger partial charge is 0.378 e. The monoisotopic (exact) mass is 182 g/mol. The smallest absolute Gasteiger partial charge is 0.239 e. The van der Waals surface area contributed by atoms with Gasteiger partial charge >= 0.3 is 0 Å². The maximum atomic E-state index is 11.4. The molecular weight excluding hydrogens is 168 g/mol. The molecule has 0 aliphatic carbocycles. The Hall–Kier alpha value is -1.05. The van der Waals surface area contributed by atoms with Crippen LogP contribution >= 0.6 is 0 Å². The van der Waals surface area contributed by atoms with Crippen molar-refractivity contribution in [2.45, 2.75) is 12.5 Å². The van der Waals surface area contributed by atoms with Crippen LogP contribution < -0.4 is 10.6 Å². The van der Waals surface area contributed by atoms with Crippen molar-refractivity contribution in [1.82, 2.24) is 10.6 Å². The topological polar surface area (TPSA) is 50.4 Å². The quantitative estimate of drug-likeness (QED) is 0.440. The highest BCUT2D eigenvalue weighted by Crippen LogP contribution is 1.92. The summed E-state index contributed by atoms with van der Waals surface area (Å²) >= 11 is 0. The Morgan fingerprint density at radius 1 is 1.77 bits per heavy atom. The van der Waals surface area contributed by atoms with Crippen LogP contribution in [0.5, 0.6) is 0 Å². The van der Waals surface area contributed by atoms with Crippen LogP contribution in [0.25, 0.3) is 0 Å². The molecule has 1 unspecified atom stereocenters. The molecule has 1 aliphatic heterocycles. The summed E-state index contributed by atoms with van der Waals surface area (Å²) in [4.78, 5) is 11.4. The van der Waals surface area contributed by atoms with Crippen LogP contribution in [0.3, 0.4) is 0 Å². The van der Waals surface area contributed by atoms with Gasteiger partial charge in [-0.3, -0.25) is 4.79 Å². The Morgan fingerprint density at radius 2 is 2.62 bits per heavy atom. The molecule has 1 saturated heterocycles. The first-order valence-corrected chi connectivity index (χ1v) is 4.37. The predicted octanol–water partition coefficient (Wildman–Crippen LogP) is -0.886. The Kier molecular flexibility index (Phi) is 4.30. The third kappa shape index (κ3) is 3.45. The number of rotatable bonds is 3. The summed E-state index contributed by atoms with van der Waals surface area (Å²) < 4.78 is 5.15. The van der Waals surface area contributed by atoms with Crippen LogP contribution in [-0.4, -0.2) is 38.3 Å². The molecule has 2 N–H and O–H groups in total. The van der Waals surface area contributed by atoms with E-state index in [9.17, 15) is 4.79 Å². The molecule has 1 heterocycles. The van der Waals surface area contributed by atoms with Crippen molar-refractivity contribution >= 4 is 5.91 Å². The number of terminal acetylenes is 1. The van der Waals surface area contributed by atoms with E-state index in [4.69, 9.17) is 11.2 Å². The minimum Gasteiger partial charge on any atom is -0.378 e. The van der Waals surface area contributed by atoms with Gasteiger partial charge in [0.05, 0.1) is 13.2 Å². The summed E-state index contributed by atoms with van der Waals surface area (Å²) in [6, 6.07) is -0.216. The van der Waals surface area contributed by atoms with Crippen LogP contribution in [0.2, 0.25) is 0 Å². The van der Waals surface area contributed by atoms with Gasteiger partial charge in [-0.2, -0.15) is 0 Å². The van der Waals surface area contributed by atoms with Crippen molar-refractivity contribution in [1.29, 1.82) is 0 Å². The SMILES string of the molecule is C#CCCNC(=O)C1COCCN1. The van der Waals surface area contributed by atoms with Gasteiger partial charge in [-0.05, 0) is 0 Å². The summed E-state index contributed by atoms with van der Waals surface area (Å²) in [6.07, 6.45) is 5.62. The van der Waals surface area contributed by atoms with Crippen molar-refractivity contribution in [3.63, 3.8) is 0 Å². The van der Waals surface area contributed by atoms with Gasteiger partial charge in [0.1, 0.15) is 6.04 Å². The third-order valence-corrected chi connectivity index (χ3v) is 1.81. The molecule has 4 heteroatoms. The van der Waals surface area contributed by atoms with Crippen LogP contribution in [0.1, 0.15) is 6.42 Å². The standard InChI is InChI=1S/C9H14N2O2/c1-2-3-4-11-9(12)8-7-13-6-5-10-8/h1,8,10H,3-7H2,(H,11,12). The van der Waals surface area contributed by atoms with Gasteiger partial charge in [-0.15, -0.1) is 12.3 Å². The van der Waals surface area contributed by atoms with Crippen LogP contribution in [0, 0.1) is 12.3 Å². The Morgan fingerprint density at radius 3 is 3.23 bits per heavy atom. The molecule has 13 heavy (non-hydrogen) atoms. The molecule has 1 aliphatic rings. The van der Waals surface area contributed by atoms with Gasteiger partial charge in [0.2, 0.25) is 5.91 Å². The lowest BCUT2D eigenvalue weighted by atomic mass is 10.2. The minimum atomic E-state index is -0.216. The van der Waals surface area contributed by atoms with Crippen molar-refractivity contribution in [3.05, 3.63) is 0 Å². The highest BCUT2D eigenvalue weighted by atomic mass is 16.5. The number of ether oxygens (including phenoxy) is 1. The second-order valence-electron chi connectivity index (χ2n) is 2.83. The van der Waals surface area contributed by atoms with Gasteiger partial charge < -0.3 is 15.4 Å². The molecule has 0 bridgehead atoms. The fourth-order valence-electron chi connectivity index (χ4n) is 1.11. The molecule has 4 nitrogen and oxygen atoms in total. The molecule has 0 aromatic rings. The first-order chi connectivity index (χ1) is 6.34. The highest BCUT2D eigenvalue weighted by molar-refractivity contribution is 5.81. The average molecular weight is 182 g/mol. The van der Waals surface area contributed by atoms with E-state index in [2.05, 4.69) is 16.6 Å². The van der Waals surface area contributed by atoms with E-state index in [1.165, 1.54) is 0 Å². The maximum absolute atomic E-state index is 11.4. The lowest BCUT2D eigenvalue weighted by Gasteiger charge is -2.22. The molecule has 1 atom stereocenters. The molecule has 1 rings (SSSR count). The number of nitrogens with one attached hydrogen (secondary N) is 2. The van der Waals surface area contributed by atoms with Crippen LogP contribution in [0.4, 0.5) is 0 Å². The highest BCUT2D eigenvalue weighted by Gasteiger charge is 2.19. The Balaban J connectivity index is 2.18. The number of carbonyl (C=O) groups excluding carboxylic acids is 1. The van der Waals surface area contributed by atoms with E-state index < -0.39 is 0 Å². The first-order valence-electron chi connectivity index (χ1n) is 4.37. The molecule has 0 aromatic heterocycles. The van der Waals surface area contributed by atoms with Gasteiger partial charge in [-0.25, -0.2) is 0 Å². The van der Waals surface area contributed by atoms with Gasteiger partial charge in [-0.1, -0.05) is 0 Å². The summed E-state index contributed by atoms with van der Waals surface area (Å²) in [5.41, 5.74) is 0. The molecular formula is C9H14N2O2. The van der Waals surface area contributed by atoms with Crippen LogP contribution in [0.15, 0.2) is 0 Å². The van der Waals surface area contributed by atoms with E-state index in [0.717, 1.165) is 6.54 Å². The fourth-order valence-corrected chi connectivity index (χ4v) is 1.11. The third-order valence-electron chi connectivity index (χ3n) is 1.81. The van der Waals surface area contributed by atoms with Gasteiger partial charge in [0.15, 0.2) is 0 Å². The average Bonchev–Trinajstić information content (AvgIpc) is 2.19. The lowest BCUT2D eigenvalue weighted by Crippen LogP contribution is -2.51. The maximum Gasteiger partial charge on any atom is 0.239 e. The number of hydrogen-bond acceptors (Lipinski definition) is 3. The van der Waals surface area contributed by atoms with Crippen molar-refractivity contribution in [2.24, 2.45) is 0 Å². The van der Waals surface area contributed by atoms with Gasteiger partial charge in [0.25, 0.3) is 0 Å². The van der Waals surface area contributed by atoms with E-state index in [1.807, 2.05) is 0 Å². The van der Waals surface area contributed by atoms with Crippen molar-refractivity contribution < 1.29 is 9.53 Å². The summed E-state index contributed by atoms with van der Waals surface area (Å²) in [5.74, 6) is 2.43. The predicted molar refractivity (Wildman–Crippen MR) is 49.1 cm³/mol. The summed E-state index contributed by atoms with van der Waals surface area (Å²) in [5, 5.41) is 5.79. The summed E-state index contributed by atoms with van der Waals surface area (Å²) in [6.45, 7) is 2.39. The zero-order valence-corrected chi connectivity index (χ0v) is 7.51. The molecule has 0 spiro atoms. The van der Waals surface area contributed by atoms with E-state index >= 15 is 0 Å². The molecule has 0 saturated carbocycles. The number of amides is 1. The molecule has 0 radical (unpaired) electrons. The Bertz CT molecular complexity index is 204. The van der Waals surface area contributed by atoms with E-state index in [0.29, 0.717) is 26.2 Å². The molecule has 1 fully saturated rings. The fraction of sp³-hybridized carbons (Fsp3) is 0.667. The van der Waals surface area contributed by atoms with E-state index in [-0.39, 0.29) is 11.9 Å². The molecule has 72 valence electrons. The normalized spacial score (nSPS) is 21.9. The Labute approximate surface area is 78.0 Å². The second-order valence-corrected chi connectivity index (χ2v) is 2.83. The van der Waals surface area contributed by atoms with E-state index in [1.54, 1.807) is 0 Å². The van der Waals surface area contributed by atoms with Crippen molar-refractivity contribution in [3.8, 4) is 12.3 Å². The second kappa shape index (κ2) is 5.57. The number of carbonyl (C=O) groups is 1. The lowest BCUT2D eigenvalue weighted by molar-refractivity contribution is -0.125. The first kappa shape index (κ1) is 10.0. The molecule has 1 amide bonds. The number of hydrogen-bond donors (Lipinski definition) is 2. The van der Waals surface area contributed by atoms with Crippen molar-refractivity contribution in [2.75, 3.05) is 26.3 Å². The minimum absolute atomic E-state index is 0.0325. The zero-order valence-electron chi connectivity index (χ0n) is 7.51. The zero-order chi connectivity index (χ0) is 9.52. The molecule has 0 aromatic carbocycles. The van der Waals surface area contributed by atoms with Crippen LogP contribution in [-0.2, 0) is 9.53 Å². The number of morpholine rings is 1. The van der Waals surface area contributed by atoms with Gasteiger partial charge in [0, 0.05) is 19.5 Å².